The van der Waals surface area contributed by atoms with Crippen LogP contribution in [0.3, 0.4) is 0 Å². The van der Waals surface area contributed by atoms with Crippen LogP contribution in [0.15, 0.2) is 48.5 Å². The number of carbonyl (C=O) groups is 1. The van der Waals surface area contributed by atoms with Crippen LogP contribution in [0.2, 0.25) is 0 Å². The minimum Gasteiger partial charge on any atom is -0.326 e. The molecule has 0 aliphatic rings. The summed E-state index contributed by atoms with van der Waals surface area (Å²) in [5.74, 6) is -0.505. The number of rotatable bonds is 3. The second-order valence-corrected chi connectivity index (χ2v) is 4.22. The maximum absolute atomic E-state index is 12.9. The summed E-state index contributed by atoms with van der Waals surface area (Å²) in [6, 6.07) is 13.6. The van der Waals surface area contributed by atoms with Gasteiger partial charge in [-0.1, -0.05) is 35.9 Å². The van der Waals surface area contributed by atoms with E-state index >= 15 is 0 Å². The highest BCUT2D eigenvalue weighted by molar-refractivity contribution is 5.92. The van der Waals surface area contributed by atoms with Gasteiger partial charge in [-0.05, 0) is 30.7 Å². The summed E-state index contributed by atoms with van der Waals surface area (Å²) < 4.78 is 12.9. The molecule has 0 unspecified atom stereocenters. The van der Waals surface area contributed by atoms with Crippen molar-refractivity contribution in [3.05, 3.63) is 65.5 Å². The van der Waals surface area contributed by atoms with Crippen molar-refractivity contribution in [1.29, 1.82) is 0 Å². The number of hydrogen-bond acceptors (Lipinski definition) is 1. The molecule has 0 radical (unpaired) electrons. The predicted molar refractivity (Wildman–Crippen MR) is 69.9 cm³/mol. The topological polar surface area (TPSA) is 29.1 Å². The fourth-order valence-electron chi connectivity index (χ4n) is 1.78. The third-order valence-corrected chi connectivity index (χ3v) is 2.56. The third-order valence-electron chi connectivity index (χ3n) is 2.56. The first-order valence-electron chi connectivity index (χ1n) is 5.74. The summed E-state index contributed by atoms with van der Waals surface area (Å²) in [5.41, 5.74) is 2.54. The quantitative estimate of drug-likeness (QED) is 0.880. The average molecular weight is 243 g/mol. The molecular weight excluding hydrogens is 229 g/mol. The van der Waals surface area contributed by atoms with Gasteiger partial charge in [-0.2, -0.15) is 0 Å². The van der Waals surface area contributed by atoms with Crippen molar-refractivity contribution < 1.29 is 9.18 Å². The van der Waals surface area contributed by atoms with E-state index in [1.165, 1.54) is 12.1 Å². The van der Waals surface area contributed by atoms with Crippen LogP contribution < -0.4 is 5.32 Å². The van der Waals surface area contributed by atoms with Gasteiger partial charge in [-0.15, -0.1) is 0 Å². The molecule has 0 aliphatic heterocycles. The molecule has 0 saturated heterocycles. The average Bonchev–Trinajstić information content (AvgIpc) is 2.28. The Labute approximate surface area is 105 Å². The van der Waals surface area contributed by atoms with E-state index in [2.05, 4.69) is 5.32 Å². The number of amides is 1. The van der Waals surface area contributed by atoms with Gasteiger partial charge in [-0.3, -0.25) is 4.79 Å². The monoisotopic (exact) mass is 243 g/mol. The van der Waals surface area contributed by atoms with Crippen LogP contribution in [0.5, 0.6) is 0 Å². The van der Waals surface area contributed by atoms with E-state index in [-0.39, 0.29) is 18.1 Å². The maximum atomic E-state index is 12.9. The second kappa shape index (κ2) is 5.45. The van der Waals surface area contributed by atoms with Crippen LogP contribution in [-0.4, -0.2) is 5.91 Å². The third kappa shape index (κ3) is 3.42. The zero-order valence-corrected chi connectivity index (χ0v) is 10.1. The number of halogens is 1. The number of benzene rings is 2. The molecule has 0 bridgehead atoms. The lowest BCUT2D eigenvalue weighted by Crippen LogP contribution is -2.14. The molecule has 0 saturated carbocycles. The number of nitrogens with one attached hydrogen (secondary N) is 1. The molecule has 0 aromatic heterocycles. The van der Waals surface area contributed by atoms with Gasteiger partial charge >= 0.3 is 0 Å². The molecule has 2 rings (SSSR count). The predicted octanol–water partition coefficient (Wildman–Crippen LogP) is 3.32. The van der Waals surface area contributed by atoms with E-state index in [1.807, 2.05) is 31.2 Å². The van der Waals surface area contributed by atoms with E-state index in [9.17, 15) is 9.18 Å². The summed E-state index contributed by atoms with van der Waals surface area (Å²) in [6.07, 6.45) is 0.290. The molecule has 1 N–H and O–H groups in total. The Morgan fingerprint density at radius 3 is 2.67 bits per heavy atom. The van der Waals surface area contributed by atoms with E-state index in [1.54, 1.807) is 12.1 Å². The molecule has 3 heteroatoms. The van der Waals surface area contributed by atoms with Gasteiger partial charge in [0.05, 0.1) is 6.42 Å². The number of carbonyl (C=O) groups excluding carboxylic acids is 1. The molecule has 92 valence electrons. The van der Waals surface area contributed by atoms with Crippen molar-refractivity contribution >= 4 is 11.6 Å². The Morgan fingerprint density at radius 2 is 1.94 bits per heavy atom. The lowest BCUT2D eigenvalue weighted by atomic mass is 10.1. The smallest absolute Gasteiger partial charge is 0.228 e. The highest BCUT2D eigenvalue weighted by atomic mass is 19.1. The van der Waals surface area contributed by atoms with Gasteiger partial charge in [0.1, 0.15) is 5.82 Å². The Morgan fingerprint density at radius 1 is 1.17 bits per heavy atom. The van der Waals surface area contributed by atoms with Gasteiger partial charge in [0.15, 0.2) is 0 Å². The molecule has 2 aromatic rings. The fraction of sp³-hybridized carbons (Fsp3) is 0.133. The van der Waals surface area contributed by atoms with Crippen LogP contribution in [0.1, 0.15) is 11.1 Å². The summed E-state index contributed by atoms with van der Waals surface area (Å²) in [6.45, 7) is 1.98. The molecule has 18 heavy (non-hydrogen) atoms. The van der Waals surface area contributed by atoms with E-state index in [4.69, 9.17) is 0 Å². The summed E-state index contributed by atoms with van der Waals surface area (Å²) in [7, 11) is 0. The van der Waals surface area contributed by atoms with Crippen molar-refractivity contribution in [2.45, 2.75) is 13.3 Å². The molecule has 2 nitrogen and oxygen atoms in total. The molecule has 2 aromatic carbocycles. The summed E-state index contributed by atoms with van der Waals surface area (Å²) in [4.78, 5) is 11.8. The first-order valence-corrected chi connectivity index (χ1v) is 5.74. The Hall–Kier alpha value is -2.16. The summed E-state index contributed by atoms with van der Waals surface area (Å²) >= 11 is 0. The molecule has 0 aliphatic carbocycles. The zero-order chi connectivity index (χ0) is 13.0. The molecule has 0 spiro atoms. The Balaban J connectivity index is 2.01. The van der Waals surface area contributed by atoms with Crippen molar-refractivity contribution in [3.8, 4) is 0 Å². The minimum absolute atomic E-state index is 0.147. The van der Waals surface area contributed by atoms with Crippen LogP contribution in [0.25, 0.3) is 0 Å². The van der Waals surface area contributed by atoms with Gasteiger partial charge in [0.2, 0.25) is 5.91 Å². The number of aryl methyl sites for hydroxylation is 1. The minimum atomic E-state index is -0.358. The van der Waals surface area contributed by atoms with Crippen molar-refractivity contribution in [2.75, 3.05) is 5.32 Å². The van der Waals surface area contributed by atoms with E-state index < -0.39 is 0 Å². The lowest BCUT2D eigenvalue weighted by molar-refractivity contribution is -0.115. The fourth-order valence-corrected chi connectivity index (χ4v) is 1.78. The van der Waals surface area contributed by atoms with Gasteiger partial charge in [0, 0.05) is 5.69 Å². The van der Waals surface area contributed by atoms with E-state index in [0.29, 0.717) is 5.69 Å². The lowest BCUT2D eigenvalue weighted by Gasteiger charge is -2.05. The van der Waals surface area contributed by atoms with Gasteiger partial charge in [0.25, 0.3) is 0 Å². The Kier molecular flexibility index (Phi) is 3.72. The molecular formula is C15H14FNO. The normalized spacial score (nSPS) is 10.1. The van der Waals surface area contributed by atoms with Crippen LogP contribution in [0, 0.1) is 12.7 Å². The first kappa shape index (κ1) is 12.3. The highest BCUT2D eigenvalue weighted by Crippen LogP contribution is 2.10. The molecule has 0 heterocycles. The standard InChI is InChI=1S/C15H14FNO/c1-11-4-2-5-12(8-11)9-15(18)17-14-7-3-6-13(16)10-14/h2-8,10H,9H2,1H3,(H,17,18). The van der Waals surface area contributed by atoms with Crippen LogP contribution >= 0.6 is 0 Å². The molecule has 1 amide bonds. The van der Waals surface area contributed by atoms with Crippen molar-refractivity contribution in [1.82, 2.24) is 0 Å². The van der Waals surface area contributed by atoms with Gasteiger partial charge < -0.3 is 5.32 Å². The van der Waals surface area contributed by atoms with Crippen molar-refractivity contribution in [2.24, 2.45) is 0 Å². The SMILES string of the molecule is Cc1cccc(CC(=O)Nc2cccc(F)c2)c1. The molecule has 0 fully saturated rings. The van der Waals surface area contributed by atoms with Crippen molar-refractivity contribution in [3.63, 3.8) is 0 Å². The molecule has 0 atom stereocenters. The maximum Gasteiger partial charge on any atom is 0.228 e. The van der Waals surface area contributed by atoms with Gasteiger partial charge in [-0.25, -0.2) is 4.39 Å². The largest absolute Gasteiger partial charge is 0.326 e. The first-order chi connectivity index (χ1) is 8.63. The second-order valence-electron chi connectivity index (χ2n) is 4.22. The van der Waals surface area contributed by atoms with E-state index in [0.717, 1.165) is 11.1 Å². The zero-order valence-electron chi connectivity index (χ0n) is 10.1. The number of anilines is 1. The number of hydrogen-bond donors (Lipinski definition) is 1. The summed E-state index contributed by atoms with van der Waals surface area (Å²) in [5, 5.41) is 2.67. The Bertz CT molecular complexity index is 516. The highest BCUT2D eigenvalue weighted by Gasteiger charge is 2.04. The van der Waals surface area contributed by atoms with Crippen LogP contribution in [0.4, 0.5) is 10.1 Å². The van der Waals surface area contributed by atoms with Crippen LogP contribution in [-0.2, 0) is 11.2 Å².